The van der Waals surface area contributed by atoms with Gasteiger partial charge in [0.1, 0.15) is 11.4 Å². The number of aliphatic hydroxyl groups is 1. The second-order valence-electron chi connectivity index (χ2n) is 7.12. The highest BCUT2D eigenvalue weighted by Crippen LogP contribution is 2.32. The van der Waals surface area contributed by atoms with E-state index in [-0.39, 0.29) is 12.2 Å². The fraction of sp³-hybridized carbons (Fsp3) is 0.125. The van der Waals surface area contributed by atoms with E-state index in [0.717, 1.165) is 4.68 Å². The van der Waals surface area contributed by atoms with Crippen molar-refractivity contribution < 1.29 is 9.90 Å². The lowest BCUT2D eigenvalue weighted by Gasteiger charge is -2.30. The Morgan fingerprint density at radius 3 is 2.03 bits per heavy atom. The summed E-state index contributed by atoms with van der Waals surface area (Å²) in [5.41, 5.74) is 2.53. The van der Waals surface area contributed by atoms with Crippen LogP contribution in [0.2, 0.25) is 0 Å². The van der Waals surface area contributed by atoms with Gasteiger partial charge in [-0.05, 0) is 23.3 Å². The molecule has 0 fully saturated rings. The molecule has 6 nitrogen and oxygen atoms in total. The van der Waals surface area contributed by atoms with Crippen LogP contribution in [-0.2, 0) is 16.8 Å². The molecule has 150 valence electrons. The van der Waals surface area contributed by atoms with Crippen molar-refractivity contribution in [2.45, 2.75) is 18.9 Å². The van der Waals surface area contributed by atoms with Gasteiger partial charge in [-0.25, -0.2) is 9.66 Å². The van der Waals surface area contributed by atoms with E-state index in [1.807, 2.05) is 60.7 Å². The summed E-state index contributed by atoms with van der Waals surface area (Å²) in [6, 6.07) is 25.4. The molecule has 0 aliphatic carbocycles. The average molecular weight is 399 g/mol. The van der Waals surface area contributed by atoms with Crippen LogP contribution in [0.15, 0.2) is 89.7 Å². The van der Waals surface area contributed by atoms with Crippen LogP contribution in [0.3, 0.4) is 0 Å². The average Bonchev–Trinajstić information content (AvgIpc) is 2.77. The minimum Gasteiger partial charge on any atom is -0.380 e. The van der Waals surface area contributed by atoms with Crippen molar-refractivity contribution in [2.75, 3.05) is 5.43 Å². The standard InChI is InChI=1S/C24H21N3O3/c1-17(28)26-27-22(25-21-15-9-8-14-20(21)23(27)29)16-24(30,18-10-4-2-5-11-18)19-12-6-3-7-13-19/h2-15,30H,16H2,1H3,(H,26,28). The molecule has 3 aromatic carbocycles. The first kappa shape index (κ1) is 19.5. The second kappa shape index (κ2) is 7.93. The Morgan fingerprint density at radius 1 is 0.933 bits per heavy atom. The van der Waals surface area contributed by atoms with E-state index in [1.165, 1.54) is 6.92 Å². The Morgan fingerprint density at radius 2 is 1.47 bits per heavy atom. The fourth-order valence-corrected chi connectivity index (χ4v) is 3.60. The number of benzene rings is 3. The number of amides is 1. The SMILES string of the molecule is CC(=O)Nn1c(CC(O)(c2ccccc2)c2ccccc2)nc2ccccc2c1=O. The number of nitrogens with one attached hydrogen (secondary N) is 1. The molecular formula is C24H21N3O3. The predicted octanol–water partition coefficient (Wildman–Crippen LogP) is 2.97. The van der Waals surface area contributed by atoms with Gasteiger partial charge < -0.3 is 5.11 Å². The van der Waals surface area contributed by atoms with E-state index in [1.54, 1.807) is 24.3 Å². The Bertz CT molecular complexity index is 1210. The zero-order chi connectivity index (χ0) is 21.1. The maximum absolute atomic E-state index is 13.1. The number of aromatic nitrogens is 2. The quantitative estimate of drug-likeness (QED) is 0.540. The number of hydrogen-bond donors (Lipinski definition) is 2. The Labute approximate surface area is 173 Å². The summed E-state index contributed by atoms with van der Waals surface area (Å²) >= 11 is 0. The van der Waals surface area contributed by atoms with Crippen molar-refractivity contribution in [3.63, 3.8) is 0 Å². The highest BCUT2D eigenvalue weighted by atomic mass is 16.3. The molecule has 30 heavy (non-hydrogen) atoms. The normalized spacial score (nSPS) is 11.4. The molecule has 0 bridgehead atoms. The van der Waals surface area contributed by atoms with Crippen molar-refractivity contribution in [1.82, 2.24) is 9.66 Å². The Balaban J connectivity index is 1.94. The van der Waals surface area contributed by atoms with Crippen molar-refractivity contribution in [1.29, 1.82) is 0 Å². The number of rotatable bonds is 5. The summed E-state index contributed by atoms with van der Waals surface area (Å²) in [6.45, 7) is 1.33. The molecule has 0 aliphatic rings. The maximum atomic E-state index is 13.1. The Hall–Kier alpha value is -3.77. The molecule has 4 aromatic rings. The molecule has 0 radical (unpaired) electrons. The zero-order valence-corrected chi connectivity index (χ0v) is 16.4. The number of hydrogen-bond acceptors (Lipinski definition) is 4. The molecule has 0 aliphatic heterocycles. The van der Waals surface area contributed by atoms with Gasteiger partial charge in [0.2, 0.25) is 5.91 Å². The first-order valence-electron chi connectivity index (χ1n) is 9.61. The molecule has 1 aromatic heterocycles. The highest BCUT2D eigenvalue weighted by molar-refractivity contribution is 5.82. The van der Waals surface area contributed by atoms with Crippen LogP contribution in [0.25, 0.3) is 10.9 Å². The van der Waals surface area contributed by atoms with Gasteiger partial charge in [-0.2, -0.15) is 0 Å². The zero-order valence-electron chi connectivity index (χ0n) is 16.4. The van der Waals surface area contributed by atoms with Crippen LogP contribution in [-0.4, -0.2) is 20.7 Å². The third kappa shape index (κ3) is 3.60. The minimum atomic E-state index is -1.45. The van der Waals surface area contributed by atoms with E-state index in [2.05, 4.69) is 10.4 Å². The molecule has 0 spiro atoms. The largest absolute Gasteiger partial charge is 0.380 e. The lowest BCUT2D eigenvalue weighted by Crippen LogP contribution is -2.39. The van der Waals surface area contributed by atoms with Crippen molar-refractivity contribution >= 4 is 16.8 Å². The van der Waals surface area contributed by atoms with Crippen LogP contribution in [0.1, 0.15) is 23.9 Å². The van der Waals surface area contributed by atoms with Gasteiger partial charge in [0.25, 0.3) is 5.56 Å². The minimum absolute atomic E-state index is 0.0125. The molecule has 2 N–H and O–H groups in total. The molecule has 6 heteroatoms. The number of para-hydroxylation sites is 1. The topological polar surface area (TPSA) is 84.2 Å². The fourth-order valence-electron chi connectivity index (χ4n) is 3.60. The molecule has 0 atom stereocenters. The maximum Gasteiger partial charge on any atom is 0.280 e. The van der Waals surface area contributed by atoms with Crippen LogP contribution in [0.4, 0.5) is 0 Å². The number of carbonyl (C=O) groups is 1. The van der Waals surface area contributed by atoms with Gasteiger partial charge >= 0.3 is 0 Å². The molecule has 4 rings (SSSR count). The first-order valence-corrected chi connectivity index (χ1v) is 9.61. The van der Waals surface area contributed by atoms with Gasteiger partial charge in [0.15, 0.2) is 0 Å². The molecular weight excluding hydrogens is 378 g/mol. The highest BCUT2D eigenvalue weighted by Gasteiger charge is 2.34. The van der Waals surface area contributed by atoms with Gasteiger partial charge in [0, 0.05) is 13.3 Å². The van der Waals surface area contributed by atoms with E-state index in [0.29, 0.717) is 22.0 Å². The van der Waals surface area contributed by atoms with E-state index in [4.69, 9.17) is 0 Å². The number of fused-ring (bicyclic) bond motifs is 1. The third-order valence-corrected chi connectivity index (χ3v) is 5.03. The number of nitrogens with zero attached hydrogens (tertiary/aromatic N) is 2. The van der Waals surface area contributed by atoms with Gasteiger partial charge in [0.05, 0.1) is 10.9 Å². The van der Waals surface area contributed by atoms with E-state index >= 15 is 0 Å². The van der Waals surface area contributed by atoms with Crippen molar-refractivity contribution in [2.24, 2.45) is 0 Å². The Kier molecular flexibility index (Phi) is 5.16. The molecule has 0 saturated carbocycles. The van der Waals surface area contributed by atoms with E-state index < -0.39 is 17.1 Å². The second-order valence-corrected chi connectivity index (χ2v) is 7.12. The predicted molar refractivity (Wildman–Crippen MR) is 116 cm³/mol. The van der Waals surface area contributed by atoms with E-state index in [9.17, 15) is 14.7 Å². The van der Waals surface area contributed by atoms with Crippen LogP contribution in [0, 0.1) is 0 Å². The smallest absolute Gasteiger partial charge is 0.280 e. The lowest BCUT2D eigenvalue weighted by molar-refractivity contribution is -0.115. The summed E-state index contributed by atoms with van der Waals surface area (Å²) in [7, 11) is 0. The van der Waals surface area contributed by atoms with Crippen LogP contribution < -0.4 is 11.0 Å². The van der Waals surface area contributed by atoms with Crippen molar-refractivity contribution in [3.8, 4) is 0 Å². The van der Waals surface area contributed by atoms with Crippen molar-refractivity contribution in [3.05, 3.63) is 112 Å². The van der Waals surface area contributed by atoms with Crippen LogP contribution in [0.5, 0.6) is 0 Å². The summed E-state index contributed by atoms with van der Waals surface area (Å²) in [5, 5.41) is 12.2. The molecule has 1 amide bonds. The lowest BCUT2D eigenvalue weighted by atomic mass is 9.83. The van der Waals surface area contributed by atoms with Gasteiger partial charge in [-0.15, -0.1) is 0 Å². The summed E-state index contributed by atoms with van der Waals surface area (Å²) in [5.74, 6) is -0.150. The number of carbonyl (C=O) groups excluding carboxylic acids is 1. The first-order chi connectivity index (χ1) is 14.5. The van der Waals surface area contributed by atoms with Gasteiger partial charge in [-0.1, -0.05) is 72.8 Å². The molecule has 1 heterocycles. The molecule has 0 unspecified atom stereocenters. The summed E-state index contributed by atoms with van der Waals surface area (Å²) in [4.78, 5) is 29.5. The summed E-state index contributed by atoms with van der Waals surface area (Å²) in [6.07, 6.45) is -0.0125. The van der Waals surface area contributed by atoms with Gasteiger partial charge in [-0.3, -0.25) is 15.0 Å². The molecule has 0 saturated heterocycles. The monoisotopic (exact) mass is 399 g/mol. The summed E-state index contributed by atoms with van der Waals surface area (Å²) < 4.78 is 1.13. The third-order valence-electron chi connectivity index (χ3n) is 5.03. The van der Waals surface area contributed by atoms with Crippen LogP contribution >= 0.6 is 0 Å².